The summed E-state index contributed by atoms with van der Waals surface area (Å²) < 4.78 is 10.3. The van der Waals surface area contributed by atoms with Crippen molar-refractivity contribution in [3.8, 4) is 11.6 Å². The normalized spacial score (nSPS) is 13.3. The van der Waals surface area contributed by atoms with E-state index >= 15 is 0 Å². The van der Waals surface area contributed by atoms with Crippen LogP contribution in [0.4, 0.5) is 0 Å². The van der Waals surface area contributed by atoms with E-state index in [2.05, 4.69) is 15.1 Å². The Hall–Kier alpha value is -1.69. The van der Waals surface area contributed by atoms with Gasteiger partial charge in [0.1, 0.15) is 0 Å². The van der Waals surface area contributed by atoms with Crippen LogP contribution >= 0.6 is 0 Å². The van der Waals surface area contributed by atoms with Gasteiger partial charge in [-0.2, -0.15) is 4.98 Å². The van der Waals surface area contributed by atoms with Gasteiger partial charge in [-0.05, 0) is 12.8 Å². The zero-order valence-corrected chi connectivity index (χ0v) is 9.47. The van der Waals surface area contributed by atoms with E-state index in [0.717, 1.165) is 5.69 Å². The summed E-state index contributed by atoms with van der Waals surface area (Å²) in [7, 11) is 0. The van der Waals surface area contributed by atoms with Crippen LogP contribution in [0.3, 0.4) is 0 Å². The molecule has 0 saturated heterocycles. The lowest BCUT2D eigenvalue weighted by Gasteiger charge is -2.08. The number of nitrogens with zero attached hydrogens (tertiary/aromatic N) is 3. The van der Waals surface area contributed by atoms with E-state index in [4.69, 9.17) is 14.7 Å². The van der Waals surface area contributed by atoms with Gasteiger partial charge in [0.05, 0.1) is 11.7 Å². The van der Waals surface area contributed by atoms with Crippen molar-refractivity contribution < 1.29 is 8.94 Å². The van der Waals surface area contributed by atoms with E-state index in [1.54, 1.807) is 0 Å². The number of hydrogen-bond acceptors (Lipinski definition) is 6. The van der Waals surface area contributed by atoms with Gasteiger partial charge in [-0.1, -0.05) is 19.0 Å². The predicted molar refractivity (Wildman–Crippen MR) is 56.3 cm³/mol. The molecule has 0 aromatic carbocycles. The Kier molecular flexibility index (Phi) is 2.74. The highest BCUT2D eigenvalue weighted by Crippen LogP contribution is 2.23. The molecule has 0 saturated carbocycles. The minimum atomic E-state index is -0.260. The quantitative estimate of drug-likeness (QED) is 0.849. The van der Waals surface area contributed by atoms with Crippen molar-refractivity contribution >= 4 is 0 Å². The first-order valence-corrected chi connectivity index (χ1v) is 5.09. The minimum absolute atomic E-state index is 0.240. The molecule has 2 N–H and O–H groups in total. The molecule has 1 atom stereocenters. The maximum Gasteiger partial charge on any atom is 0.244 e. The van der Waals surface area contributed by atoms with Gasteiger partial charge in [-0.15, -0.1) is 0 Å². The predicted octanol–water partition coefficient (Wildman–Crippen LogP) is 1.69. The molecule has 0 spiro atoms. The first-order valence-electron chi connectivity index (χ1n) is 5.09. The van der Waals surface area contributed by atoms with Crippen LogP contribution in [0.15, 0.2) is 15.3 Å². The average molecular weight is 222 g/mol. The second-order valence-corrected chi connectivity index (χ2v) is 3.99. The molecular weight excluding hydrogens is 208 g/mol. The molecule has 2 aromatic heterocycles. The van der Waals surface area contributed by atoms with Gasteiger partial charge in [-0.3, -0.25) is 0 Å². The monoisotopic (exact) mass is 222 g/mol. The fourth-order valence-corrected chi connectivity index (χ4v) is 1.26. The van der Waals surface area contributed by atoms with Crippen LogP contribution in [-0.4, -0.2) is 15.1 Å². The second-order valence-electron chi connectivity index (χ2n) is 3.99. The summed E-state index contributed by atoms with van der Waals surface area (Å²) >= 11 is 0. The van der Waals surface area contributed by atoms with Crippen molar-refractivity contribution in [3.63, 3.8) is 0 Å². The standard InChI is InChI=1S/C10H14N4O2/c1-5(2)7(11)10-13-9(14-16-10)8-6(3)12-4-15-8/h4-5,7H,11H2,1-3H3. The van der Waals surface area contributed by atoms with Crippen molar-refractivity contribution in [2.45, 2.75) is 26.8 Å². The van der Waals surface area contributed by atoms with Crippen LogP contribution in [-0.2, 0) is 0 Å². The summed E-state index contributed by atoms with van der Waals surface area (Å²) in [5, 5.41) is 3.82. The molecule has 0 bridgehead atoms. The van der Waals surface area contributed by atoms with Crippen molar-refractivity contribution in [1.82, 2.24) is 15.1 Å². The van der Waals surface area contributed by atoms with E-state index in [9.17, 15) is 0 Å². The molecule has 0 amide bonds. The third-order valence-corrected chi connectivity index (χ3v) is 2.39. The number of oxazole rings is 1. The van der Waals surface area contributed by atoms with Crippen molar-refractivity contribution in [2.24, 2.45) is 11.7 Å². The summed E-state index contributed by atoms with van der Waals surface area (Å²) in [6.45, 7) is 5.81. The minimum Gasteiger partial charge on any atom is -0.440 e. The van der Waals surface area contributed by atoms with Crippen LogP contribution in [0, 0.1) is 12.8 Å². The van der Waals surface area contributed by atoms with Gasteiger partial charge in [0.15, 0.2) is 12.2 Å². The summed E-state index contributed by atoms with van der Waals surface area (Å²) in [6, 6.07) is -0.260. The van der Waals surface area contributed by atoms with Gasteiger partial charge in [0.2, 0.25) is 11.7 Å². The molecular formula is C10H14N4O2. The molecule has 6 heteroatoms. The lowest BCUT2D eigenvalue weighted by atomic mass is 10.1. The number of aromatic nitrogens is 3. The molecule has 0 fully saturated rings. The number of aryl methyl sites for hydroxylation is 1. The highest BCUT2D eigenvalue weighted by molar-refractivity contribution is 5.48. The molecule has 6 nitrogen and oxygen atoms in total. The van der Waals surface area contributed by atoms with Crippen LogP contribution < -0.4 is 5.73 Å². The maximum atomic E-state index is 5.90. The fraction of sp³-hybridized carbons (Fsp3) is 0.500. The van der Waals surface area contributed by atoms with Crippen LogP contribution in [0.1, 0.15) is 31.5 Å². The summed E-state index contributed by atoms with van der Waals surface area (Å²) in [5.74, 6) is 1.57. The third-order valence-electron chi connectivity index (χ3n) is 2.39. The molecule has 1 unspecified atom stereocenters. The lowest BCUT2D eigenvalue weighted by molar-refractivity contribution is 0.324. The van der Waals surface area contributed by atoms with Crippen molar-refractivity contribution in [2.75, 3.05) is 0 Å². The van der Waals surface area contributed by atoms with Crippen LogP contribution in [0.2, 0.25) is 0 Å². The fourth-order valence-electron chi connectivity index (χ4n) is 1.26. The van der Waals surface area contributed by atoms with Gasteiger partial charge in [-0.25, -0.2) is 4.98 Å². The van der Waals surface area contributed by atoms with Gasteiger partial charge >= 0.3 is 0 Å². The van der Waals surface area contributed by atoms with Crippen molar-refractivity contribution in [1.29, 1.82) is 0 Å². The average Bonchev–Trinajstić information content (AvgIpc) is 2.84. The Bertz CT molecular complexity index is 475. The van der Waals surface area contributed by atoms with E-state index in [-0.39, 0.29) is 12.0 Å². The van der Waals surface area contributed by atoms with E-state index in [0.29, 0.717) is 17.5 Å². The highest BCUT2D eigenvalue weighted by atomic mass is 16.5. The molecule has 0 radical (unpaired) electrons. The summed E-state index contributed by atoms with van der Waals surface area (Å²) in [5.41, 5.74) is 6.63. The zero-order valence-electron chi connectivity index (χ0n) is 9.47. The Morgan fingerprint density at radius 2 is 2.12 bits per heavy atom. The summed E-state index contributed by atoms with van der Waals surface area (Å²) in [4.78, 5) is 8.16. The Morgan fingerprint density at radius 1 is 1.38 bits per heavy atom. The smallest absolute Gasteiger partial charge is 0.244 e. The first-order chi connectivity index (χ1) is 7.59. The molecule has 0 aliphatic rings. The van der Waals surface area contributed by atoms with E-state index in [1.165, 1.54) is 6.39 Å². The van der Waals surface area contributed by atoms with Gasteiger partial charge in [0.25, 0.3) is 0 Å². The lowest BCUT2D eigenvalue weighted by Crippen LogP contribution is -2.16. The molecule has 2 aromatic rings. The van der Waals surface area contributed by atoms with E-state index in [1.807, 2.05) is 20.8 Å². The Morgan fingerprint density at radius 3 is 2.69 bits per heavy atom. The molecule has 2 heterocycles. The van der Waals surface area contributed by atoms with Crippen LogP contribution in [0.5, 0.6) is 0 Å². The van der Waals surface area contributed by atoms with E-state index < -0.39 is 0 Å². The molecule has 0 aliphatic heterocycles. The zero-order chi connectivity index (χ0) is 11.7. The van der Waals surface area contributed by atoms with Gasteiger partial charge in [0, 0.05) is 0 Å². The highest BCUT2D eigenvalue weighted by Gasteiger charge is 2.20. The first kappa shape index (κ1) is 10.8. The molecule has 2 rings (SSSR count). The third kappa shape index (κ3) is 1.83. The van der Waals surface area contributed by atoms with Crippen LogP contribution in [0.25, 0.3) is 11.6 Å². The second kappa shape index (κ2) is 4.05. The Balaban J connectivity index is 2.30. The topological polar surface area (TPSA) is 91.0 Å². The number of nitrogens with two attached hydrogens (primary N) is 1. The summed E-state index contributed by atoms with van der Waals surface area (Å²) in [6.07, 6.45) is 1.35. The number of hydrogen-bond donors (Lipinski definition) is 1. The molecule has 0 aliphatic carbocycles. The number of rotatable bonds is 3. The molecule has 16 heavy (non-hydrogen) atoms. The van der Waals surface area contributed by atoms with Crippen molar-refractivity contribution in [3.05, 3.63) is 18.0 Å². The molecule has 86 valence electrons. The van der Waals surface area contributed by atoms with Gasteiger partial charge < -0.3 is 14.7 Å². The SMILES string of the molecule is Cc1ncoc1-c1noc(C(N)C(C)C)n1. The maximum absolute atomic E-state index is 5.90. The Labute approximate surface area is 92.9 Å². The largest absolute Gasteiger partial charge is 0.440 e.